The van der Waals surface area contributed by atoms with Gasteiger partial charge in [-0.05, 0) is 18.4 Å². The summed E-state index contributed by atoms with van der Waals surface area (Å²) >= 11 is 1.97. The summed E-state index contributed by atoms with van der Waals surface area (Å²) in [6.45, 7) is 2.93. The van der Waals surface area contributed by atoms with E-state index < -0.39 is 0 Å². The van der Waals surface area contributed by atoms with Crippen molar-refractivity contribution in [3.8, 4) is 0 Å². The highest BCUT2D eigenvalue weighted by molar-refractivity contribution is 7.99. The number of nitrogens with one attached hydrogen (secondary N) is 1. The molecule has 22 heavy (non-hydrogen) atoms. The van der Waals surface area contributed by atoms with E-state index in [9.17, 15) is 4.79 Å². The molecule has 0 saturated carbocycles. The van der Waals surface area contributed by atoms with Crippen molar-refractivity contribution in [3.05, 3.63) is 35.9 Å². The van der Waals surface area contributed by atoms with E-state index in [2.05, 4.69) is 34.5 Å². The smallest absolute Gasteiger partial charge is 0.234 e. The van der Waals surface area contributed by atoms with Crippen LogP contribution in [0, 0.1) is 0 Å². The van der Waals surface area contributed by atoms with Crippen LogP contribution >= 0.6 is 11.8 Å². The lowest BCUT2D eigenvalue weighted by molar-refractivity contribution is -0.123. The van der Waals surface area contributed by atoms with Gasteiger partial charge in [-0.15, -0.1) is 0 Å². The van der Waals surface area contributed by atoms with Crippen molar-refractivity contribution < 1.29 is 9.53 Å². The van der Waals surface area contributed by atoms with Crippen molar-refractivity contribution in [2.45, 2.75) is 25.0 Å². The van der Waals surface area contributed by atoms with Gasteiger partial charge in [0.1, 0.15) is 0 Å². The number of ether oxygens (including phenoxy) is 1. The molecule has 2 heterocycles. The molecule has 3 rings (SSSR count). The van der Waals surface area contributed by atoms with Crippen LogP contribution in [0.2, 0.25) is 0 Å². The summed E-state index contributed by atoms with van der Waals surface area (Å²) in [5.74, 6) is 2.27. The van der Waals surface area contributed by atoms with Gasteiger partial charge in [0.2, 0.25) is 5.91 Å². The Labute approximate surface area is 136 Å². The number of benzene rings is 1. The second-order valence-corrected chi connectivity index (χ2v) is 7.06. The van der Waals surface area contributed by atoms with E-state index in [1.807, 2.05) is 17.8 Å². The van der Waals surface area contributed by atoms with Crippen molar-refractivity contribution >= 4 is 17.7 Å². The first-order valence-corrected chi connectivity index (χ1v) is 9.23. The van der Waals surface area contributed by atoms with Crippen LogP contribution in [0.15, 0.2) is 30.3 Å². The molecule has 1 aromatic rings. The van der Waals surface area contributed by atoms with Gasteiger partial charge in [-0.2, -0.15) is 11.8 Å². The summed E-state index contributed by atoms with van der Waals surface area (Å²) in [5, 5.41) is 3.03. The number of hydrogen-bond acceptors (Lipinski definition) is 4. The maximum Gasteiger partial charge on any atom is 0.234 e. The fraction of sp³-hybridized carbons (Fsp3) is 0.588. The van der Waals surface area contributed by atoms with E-state index in [1.165, 1.54) is 5.56 Å². The SMILES string of the molecule is O=C(CN1CCSC[C@@H]1c1ccccc1)NC[C@H]1CCCO1. The minimum absolute atomic E-state index is 0.114. The van der Waals surface area contributed by atoms with E-state index in [1.54, 1.807) is 0 Å². The molecule has 1 N–H and O–H groups in total. The fourth-order valence-electron chi connectivity index (χ4n) is 3.08. The van der Waals surface area contributed by atoms with Gasteiger partial charge in [0.15, 0.2) is 0 Å². The first kappa shape index (κ1) is 15.8. The number of hydrogen-bond donors (Lipinski definition) is 1. The normalized spacial score (nSPS) is 26.0. The standard InChI is InChI=1S/C17H24N2O2S/c20-17(18-11-15-7-4-9-21-15)12-19-8-10-22-13-16(19)14-5-2-1-3-6-14/h1-3,5-6,15-16H,4,7-13H2,(H,18,20)/t15-,16-/m1/s1. The zero-order chi connectivity index (χ0) is 15.2. The predicted molar refractivity (Wildman–Crippen MR) is 90.1 cm³/mol. The summed E-state index contributed by atoms with van der Waals surface area (Å²) in [6, 6.07) is 10.8. The average Bonchev–Trinajstić information content (AvgIpc) is 3.08. The van der Waals surface area contributed by atoms with E-state index in [0.29, 0.717) is 19.1 Å². The Balaban J connectivity index is 1.53. The van der Waals surface area contributed by atoms with Crippen LogP contribution in [-0.2, 0) is 9.53 Å². The molecule has 2 fully saturated rings. The Morgan fingerprint density at radius 1 is 1.36 bits per heavy atom. The van der Waals surface area contributed by atoms with Gasteiger partial charge in [-0.1, -0.05) is 30.3 Å². The second kappa shape index (κ2) is 7.99. The monoisotopic (exact) mass is 320 g/mol. The average molecular weight is 320 g/mol. The number of carbonyl (C=O) groups is 1. The molecule has 4 nitrogen and oxygen atoms in total. The van der Waals surface area contributed by atoms with Crippen LogP contribution in [0.3, 0.4) is 0 Å². The minimum atomic E-state index is 0.114. The van der Waals surface area contributed by atoms with Gasteiger partial charge >= 0.3 is 0 Å². The van der Waals surface area contributed by atoms with Crippen LogP contribution < -0.4 is 5.32 Å². The van der Waals surface area contributed by atoms with Crippen LogP contribution in [0.5, 0.6) is 0 Å². The predicted octanol–water partition coefficient (Wildman–Crippen LogP) is 2.07. The Bertz CT molecular complexity index is 477. The van der Waals surface area contributed by atoms with Crippen LogP contribution in [0.4, 0.5) is 0 Å². The highest BCUT2D eigenvalue weighted by atomic mass is 32.2. The molecule has 0 aromatic heterocycles. The molecule has 2 aliphatic rings. The highest BCUT2D eigenvalue weighted by Crippen LogP contribution is 2.28. The molecule has 2 saturated heterocycles. The molecule has 0 aliphatic carbocycles. The lowest BCUT2D eigenvalue weighted by Crippen LogP contribution is -2.44. The largest absolute Gasteiger partial charge is 0.376 e. The molecule has 2 aliphatic heterocycles. The molecular weight excluding hydrogens is 296 g/mol. The van der Waals surface area contributed by atoms with Gasteiger partial charge in [0.05, 0.1) is 12.6 Å². The maximum atomic E-state index is 12.2. The van der Waals surface area contributed by atoms with Crippen LogP contribution in [0.25, 0.3) is 0 Å². The van der Waals surface area contributed by atoms with Crippen molar-refractivity contribution in [2.24, 2.45) is 0 Å². The van der Waals surface area contributed by atoms with E-state index in [4.69, 9.17) is 4.74 Å². The van der Waals surface area contributed by atoms with E-state index >= 15 is 0 Å². The number of amides is 1. The third-order valence-electron chi connectivity index (χ3n) is 4.32. The van der Waals surface area contributed by atoms with Crippen molar-refractivity contribution in [1.29, 1.82) is 0 Å². The Morgan fingerprint density at radius 2 is 2.23 bits per heavy atom. The van der Waals surface area contributed by atoms with Crippen LogP contribution in [0.1, 0.15) is 24.4 Å². The fourth-order valence-corrected chi connectivity index (χ4v) is 4.24. The molecule has 0 bridgehead atoms. The van der Waals surface area contributed by atoms with Gasteiger partial charge in [-0.3, -0.25) is 9.69 Å². The molecular formula is C17H24N2O2S. The van der Waals surface area contributed by atoms with Gasteiger partial charge in [-0.25, -0.2) is 0 Å². The first-order valence-electron chi connectivity index (χ1n) is 8.08. The third-order valence-corrected chi connectivity index (χ3v) is 5.34. The molecule has 120 valence electrons. The molecule has 2 atom stereocenters. The molecule has 0 unspecified atom stereocenters. The summed E-state index contributed by atoms with van der Waals surface area (Å²) in [5.41, 5.74) is 1.31. The molecule has 1 amide bonds. The molecule has 1 aromatic carbocycles. The Hall–Kier alpha value is -1.04. The van der Waals surface area contributed by atoms with Crippen molar-refractivity contribution in [2.75, 3.05) is 37.7 Å². The van der Waals surface area contributed by atoms with Gasteiger partial charge in [0.25, 0.3) is 0 Å². The quantitative estimate of drug-likeness (QED) is 0.902. The van der Waals surface area contributed by atoms with E-state index in [-0.39, 0.29) is 12.0 Å². The summed E-state index contributed by atoms with van der Waals surface area (Å²) < 4.78 is 5.55. The molecule has 0 radical (unpaired) electrons. The summed E-state index contributed by atoms with van der Waals surface area (Å²) in [4.78, 5) is 14.5. The van der Waals surface area contributed by atoms with E-state index in [0.717, 1.165) is 37.5 Å². The van der Waals surface area contributed by atoms with Gasteiger partial charge < -0.3 is 10.1 Å². The number of nitrogens with zero attached hydrogens (tertiary/aromatic N) is 1. The Morgan fingerprint density at radius 3 is 3.00 bits per heavy atom. The first-order chi connectivity index (χ1) is 10.8. The van der Waals surface area contributed by atoms with Gasteiger partial charge in [0, 0.05) is 37.2 Å². The van der Waals surface area contributed by atoms with Crippen LogP contribution in [-0.4, -0.2) is 54.7 Å². The number of carbonyl (C=O) groups excluding carboxylic acids is 1. The lowest BCUT2D eigenvalue weighted by Gasteiger charge is -2.35. The second-order valence-electron chi connectivity index (χ2n) is 5.91. The number of thioether (sulfide) groups is 1. The van der Waals surface area contributed by atoms with Crippen molar-refractivity contribution in [1.82, 2.24) is 10.2 Å². The minimum Gasteiger partial charge on any atom is -0.376 e. The zero-order valence-electron chi connectivity index (χ0n) is 12.9. The van der Waals surface area contributed by atoms with Crippen molar-refractivity contribution in [3.63, 3.8) is 0 Å². The lowest BCUT2D eigenvalue weighted by atomic mass is 10.1. The number of rotatable bonds is 5. The summed E-state index contributed by atoms with van der Waals surface area (Å²) in [7, 11) is 0. The zero-order valence-corrected chi connectivity index (χ0v) is 13.7. The third kappa shape index (κ3) is 4.24. The summed E-state index contributed by atoms with van der Waals surface area (Å²) in [6.07, 6.45) is 2.39. The maximum absolute atomic E-state index is 12.2. The highest BCUT2D eigenvalue weighted by Gasteiger charge is 2.26. The Kier molecular flexibility index (Phi) is 5.76. The molecule has 0 spiro atoms. The molecule has 5 heteroatoms. The topological polar surface area (TPSA) is 41.6 Å².